The van der Waals surface area contributed by atoms with Gasteiger partial charge in [-0.05, 0) is 30.5 Å². The number of carbonyl (C=O) groups excluding carboxylic acids is 1. The van der Waals surface area contributed by atoms with Crippen LogP contribution in [0.25, 0.3) is 0 Å². The van der Waals surface area contributed by atoms with Gasteiger partial charge in [0.2, 0.25) is 0 Å². The molecule has 3 heteroatoms. The number of hydrogen-bond donors (Lipinski definition) is 1. The van der Waals surface area contributed by atoms with Crippen LogP contribution in [0.4, 0.5) is 0 Å². The smallest absolute Gasteiger partial charge is 0.169 e. The van der Waals surface area contributed by atoms with Gasteiger partial charge in [-0.15, -0.1) is 0 Å². The highest BCUT2D eigenvalue weighted by atomic mass is 79.9. The fraction of sp³-hybridized carbons (Fsp3) is 0.219. The maximum Gasteiger partial charge on any atom is 0.169 e. The molecule has 0 aliphatic heterocycles. The second-order valence-electron chi connectivity index (χ2n) is 9.67. The van der Waals surface area contributed by atoms with Crippen LogP contribution in [0.5, 0.6) is 0 Å². The van der Waals surface area contributed by atoms with Crippen LogP contribution in [0.3, 0.4) is 0 Å². The first kappa shape index (κ1) is 23.7. The van der Waals surface area contributed by atoms with E-state index >= 15 is 0 Å². The first-order valence-electron chi connectivity index (χ1n) is 12.1. The lowest BCUT2D eigenvalue weighted by Crippen LogP contribution is -2.42. The molecule has 4 aromatic rings. The standard InChI is InChI=1S/C32H29BrO2/c1-21-13-17-25(18-14-21)30(34)29-27(23-9-5-3-6-10-23)28(24-11-7-4-8-12-24)31(33)32(29,35)26-19-15-22(2)16-20-26/h3-20,27-29,31,35H,1-2H3/t27-,28-,29-,31-,32+/m0/s1. The van der Waals surface area contributed by atoms with E-state index < -0.39 is 11.5 Å². The van der Waals surface area contributed by atoms with Gasteiger partial charge in [0.25, 0.3) is 0 Å². The number of carbonyl (C=O) groups is 1. The summed E-state index contributed by atoms with van der Waals surface area (Å²) in [5, 5.41) is 12.7. The molecule has 0 heterocycles. The normalized spacial score (nSPS) is 25.9. The molecule has 0 bridgehead atoms. The van der Waals surface area contributed by atoms with Crippen LogP contribution < -0.4 is 0 Å². The fourth-order valence-electron chi connectivity index (χ4n) is 5.65. The SMILES string of the molecule is Cc1ccc(C(=O)[C@@H]2[C@@H](c3ccccc3)[C@H](c3ccccc3)[C@H](Br)[C@@]2(O)c2ccc(C)cc2)cc1. The molecule has 0 spiro atoms. The molecule has 0 radical (unpaired) electrons. The molecule has 176 valence electrons. The molecule has 5 rings (SSSR count). The van der Waals surface area contributed by atoms with Gasteiger partial charge in [-0.3, -0.25) is 4.79 Å². The van der Waals surface area contributed by atoms with Crippen LogP contribution >= 0.6 is 15.9 Å². The number of benzene rings is 4. The summed E-state index contributed by atoms with van der Waals surface area (Å²) in [6, 6.07) is 36.1. The van der Waals surface area contributed by atoms with E-state index in [9.17, 15) is 9.90 Å². The lowest BCUT2D eigenvalue weighted by Gasteiger charge is -2.34. The largest absolute Gasteiger partial charge is 0.383 e. The summed E-state index contributed by atoms with van der Waals surface area (Å²) in [4.78, 5) is 14.0. The molecule has 0 saturated heterocycles. The lowest BCUT2D eigenvalue weighted by atomic mass is 9.73. The first-order chi connectivity index (χ1) is 16.9. The molecular formula is C32H29BrO2. The Morgan fingerprint density at radius 1 is 0.686 bits per heavy atom. The minimum absolute atomic E-state index is 0.0372. The van der Waals surface area contributed by atoms with Crippen molar-refractivity contribution in [2.45, 2.75) is 36.1 Å². The summed E-state index contributed by atoms with van der Waals surface area (Å²) in [6.45, 7) is 4.04. The topological polar surface area (TPSA) is 37.3 Å². The molecule has 1 aliphatic rings. The van der Waals surface area contributed by atoms with Crippen LogP contribution in [0.1, 0.15) is 50.0 Å². The van der Waals surface area contributed by atoms with E-state index in [2.05, 4.69) is 40.2 Å². The second-order valence-corrected chi connectivity index (χ2v) is 10.7. The minimum Gasteiger partial charge on any atom is -0.383 e. The third kappa shape index (κ3) is 4.17. The van der Waals surface area contributed by atoms with Crippen molar-refractivity contribution in [2.24, 2.45) is 5.92 Å². The number of rotatable bonds is 5. The molecule has 0 unspecified atom stereocenters. The number of halogens is 1. The number of Topliss-reactive ketones (excluding diaryl/α,β-unsaturated/α-hetero) is 1. The fourth-order valence-corrected chi connectivity index (χ4v) is 6.84. The molecule has 0 amide bonds. The number of aryl methyl sites for hydroxylation is 2. The molecule has 1 fully saturated rings. The average Bonchev–Trinajstić information content (AvgIpc) is 3.13. The van der Waals surface area contributed by atoms with Crippen molar-refractivity contribution >= 4 is 21.7 Å². The summed E-state index contributed by atoms with van der Waals surface area (Å²) in [5.41, 5.74) is 4.35. The molecule has 4 aromatic carbocycles. The van der Waals surface area contributed by atoms with Gasteiger partial charge < -0.3 is 5.11 Å². The molecular weight excluding hydrogens is 496 g/mol. The quantitative estimate of drug-likeness (QED) is 0.219. The number of aliphatic hydroxyl groups is 1. The van der Waals surface area contributed by atoms with Crippen molar-refractivity contribution in [3.8, 4) is 0 Å². The van der Waals surface area contributed by atoms with Crippen molar-refractivity contribution < 1.29 is 9.90 Å². The Morgan fingerprint density at radius 3 is 1.66 bits per heavy atom. The van der Waals surface area contributed by atoms with Crippen LogP contribution in [0.15, 0.2) is 109 Å². The van der Waals surface area contributed by atoms with E-state index in [1.54, 1.807) is 0 Å². The van der Waals surface area contributed by atoms with Gasteiger partial charge in [0, 0.05) is 17.4 Å². The third-order valence-electron chi connectivity index (χ3n) is 7.46. The monoisotopic (exact) mass is 524 g/mol. The molecule has 1 N–H and O–H groups in total. The van der Waals surface area contributed by atoms with Gasteiger partial charge >= 0.3 is 0 Å². The Bertz CT molecular complexity index is 1300. The first-order valence-corrected chi connectivity index (χ1v) is 13.0. The van der Waals surface area contributed by atoms with Gasteiger partial charge in [0.15, 0.2) is 5.78 Å². The van der Waals surface area contributed by atoms with Crippen LogP contribution in [-0.2, 0) is 5.60 Å². The van der Waals surface area contributed by atoms with E-state index in [4.69, 9.17) is 0 Å². The van der Waals surface area contributed by atoms with Gasteiger partial charge in [0.1, 0.15) is 5.60 Å². The molecule has 5 atom stereocenters. The maximum absolute atomic E-state index is 14.3. The molecule has 35 heavy (non-hydrogen) atoms. The lowest BCUT2D eigenvalue weighted by molar-refractivity contribution is 0.00496. The van der Waals surface area contributed by atoms with Crippen LogP contribution in [0, 0.1) is 19.8 Å². The maximum atomic E-state index is 14.3. The summed E-state index contributed by atoms with van der Waals surface area (Å²) in [6.07, 6.45) is 0. The summed E-state index contributed by atoms with van der Waals surface area (Å²) in [7, 11) is 0. The molecule has 1 aliphatic carbocycles. The van der Waals surface area contributed by atoms with Crippen molar-refractivity contribution in [3.63, 3.8) is 0 Å². The summed E-state index contributed by atoms with van der Waals surface area (Å²) in [5.74, 6) is -1.04. The van der Waals surface area contributed by atoms with Crippen LogP contribution in [-0.4, -0.2) is 15.7 Å². The van der Waals surface area contributed by atoms with Crippen molar-refractivity contribution in [1.82, 2.24) is 0 Å². The van der Waals surface area contributed by atoms with Crippen molar-refractivity contribution in [3.05, 3.63) is 143 Å². The zero-order valence-corrected chi connectivity index (χ0v) is 21.5. The Balaban J connectivity index is 1.76. The molecule has 2 nitrogen and oxygen atoms in total. The highest BCUT2D eigenvalue weighted by molar-refractivity contribution is 9.09. The van der Waals surface area contributed by atoms with Crippen molar-refractivity contribution in [2.75, 3.05) is 0 Å². The highest BCUT2D eigenvalue weighted by Crippen LogP contribution is 2.61. The van der Waals surface area contributed by atoms with Gasteiger partial charge in [-0.1, -0.05) is 136 Å². The molecule has 0 aromatic heterocycles. The summed E-state index contributed by atoms with van der Waals surface area (Å²) < 4.78 is 0. The van der Waals surface area contributed by atoms with Gasteiger partial charge in [0.05, 0.1) is 10.7 Å². The van der Waals surface area contributed by atoms with E-state index in [0.29, 0.717) is 5.56 Å². The second kappa shape index (κ2) is 9.56. The highest BCUT2D eigenvalue weighted by Gasteiger charge is 2.62. The van der Waals surface area contributed by atoms with E-state index in [0.717, 1.165) is 27.8 Å². The zero-order valence-electron chi connectivity index (χ0n) is 19.9. The number of ketones is 1. The van der Waals surface area contributed by atoms with Crippen molar-refractivity contribution in [1.29, 1.82) is 0 Å². The number of alkyl halides is 1. The predicted octanol–water partition coefficient (Wildman–Crippen LogP) is 7.33. The third-order valence-corrected chi connectivity index (χ3v) is 8.72. The Labute approximate surface area is 215 Å². The average molecular weight is 525 g/mol. The van der Waals surface area contributed by atoms with E-state index in [-0.39, 0.29) is 22.4 Å². The van der Waals surface area contributed by atoms with Gasteiger partial charge in [-0.2, -0.15) is 0 Å². The number of hydrogen-bond acceptors (Lipinski definition) is 2. The van der Waals surface area contributed by atoms with E-state index in [1.165, 1.54) is 0 Å². The van der Waals surface area contributed by atoms with Gasteiger partial charge in [-0.25, -0.2) is 0 Å². The Kier molecular flexibility index (Phi) is 6.48. The minimum atomic E-state index is -1.41. The zero-order chi connectivity index (χ0) is 24.6. The Morgan fingerprint density at radius 2 is 1.14 bits per heavy atom. The van der Waals surface area contributed by atoms with E-state index in [1.807, 2.05) is 98.8 Å². The summed E-state index contributed by atoms with van der Waals surface area (Å²) >= 11 is 3.95. The van der Waals surface area contributed by atoms with Crippen LogP contribution in [0.2, 0.25) is 0 Å². The predicted molar refractivity (Wildman–Crippen MR) is 145 cm³/mol. The molecule has 1 saturated carbocycles. The Hall–Kier alpha value is -3.01.